The molecule has 82 valence electrons. The molecule has 2 heterocycles. The summed E-state index contributed by atoms with van der Waals surface area (Å²) in [7, 11) is 0. The van der Waals surface area contributed by atoms with Gasteiger partial charge in [-0.25, -0.2) is 0 Å². The van der Waals surface area contributed by atoms with E-state index in [0.29, 0.717) is 5.92 Å². The molecule has 2 fully saturated rings. The van der Waals surface area contributed by atoms with Crippen LogP contribution in [0.3, 0.4) is 0 Å². The van der Waals surface area contributed by atoms with Crippen LogP contribution >= 0.6 is 0 Å². The highest BCUT2D eigenvalue weighted by atomic mass is 16.5. The zero-order valence-electron chi connectivity index (χ0n) is 9.12. The molecule has 4 heteroatoms. The van der Waals surface area contributed by atoms with Crippen molar-refractivity contribution in [3.8, 4) is 0 Å². The van der Waals surface area contributed by atoms with Crippen LogP contribution in [-0.4, -0.2) is 23.2 Å². The van der Waals surface area contributed by atoms with Gasteiger partial charge in [-0.15, -0.1) is 0 Å². The van der Waals surface area contributed by atoms with E-state index < -0.39 is 0 Å². The van der Waals surface area contributed by atoms with Crippen molar-refractivity contribution in [3.05, 3.63) is 11.7 Å². The Morgan fingerprint density at radius 3 is 3.00 bits per heavy atom. The normalized spacial score (nSPS) is 29.0. The maximum atomic E-state index is 5.36. The van der Waals surface area contributed by atoms with Gasteiger partial charge in [0.25, 0.3) is 0 Å². The highest BCUT2D eigenvalue weighted by Crippen LogP contribution is 2.46. The number of rotatable bonds is 2. The molecule has 0 radical (unpaired) electrons. The third kappa shape index (κ3) is 1.67. The lowest BCUT2D eigenvalue weighted by atomic mass is 9.99. The minimum Gasteiger partial charge on any atom is -0.339 e. The van der Waals surface area contributed by atoms with Crippen molar-refractivity contribution in [2.45, 2.75) is 43.9 Å². The topological polar surface area (TPSA) is 51.0 Å². The molecule has 1 saturated heterocycles. The zero-order valence-corrected chi connectivity index (χ0v) is 9.12. The molecule has 2 aliphatic rings. The smallest absolute Gasteiger partial charge is 0.232 e. The average molecular weight is 207 g/mol. The van der Waals surface area contributed by atoms with Gasteiger partial charge in [0.05, 0.1) is 0 Å². The first-order valence-electron chi connectivity index (χ1n) is 5.83. The van der Waals surface area contributed by atoms with E-state index in [1.165, 1.54) is 25.7 Å². The molecule has 15 heavy (non-hydrogen) atoms. The van der Waals surface area contributed by atoms with Crippen LogP contribution in [-0.2, 0) is 5.41 Å². The van der Waals surface area contributed by atoms with Gasteiger partial charge >= 0.3 is 0 Å². The van der Waals surface area contributed by atoms with Gasteiger partial charge in [-0.1, -0.05) is 12.1 Å². The summed E-state index contributed by atoms with van der Waals surface area (Å²) in [4.78, 5) is 4.55. The highest BCUT2D eigenvalue weighted by Gasteiger charge is 2.44. The zero-order chi connectivity index (χ0) is 10.3. The van der Waals surface area contributed by atoms with Crippen LogP contribution in [0.5, 0.6) is 0 Å². The van der Waals surface area contributed by atoms with E-state index in [1.807, 2.05) is 0 Å². The van der Waals surface area contributed by atoms with Gasteiger partial charge < -0.3 is 9.84 Å². The Bertz CT molecular complexity index is 350. The first-order valence-corrected chi connectivity index (χ1v) is 5.83. The van der Waals surface area contributed by atoms with E-state index in [1.54, 1.807) is 0 Å². The van der Waals surface area contributed by atoms with Crippen molar-refractivity contribution in [1.82, 2.24) is 15.5 Å². The van der Waals surface area contributed by atoms with Crippen molar-refractivity contribution in [2.24, 2.45) is 0 Å². The molecule has 1 unspecified atom stereocenters. The standard InChI is InChI=1S/C11H17N3O/c1-11(4-5-11)10-13-9(14-15-10)8-3-2-6-12-7-8/h8,12H,2-7H2,1H3. The van der Waals surface area contributed by atoms with Crippen LogP contribution < -0.4 is 5.32 Å². The Labute approximate surface area is 89.4 Å². The van der Waals surface area contributed by atoms with Gasteiger partial charge in [0.15, 0.2) is 5.82 Å². The van der Waals surface area contributed by atoms with E-state index in [-0.39, 0.29) is 5.41 Å². The van der Waals surface area contributed by atoms with E-state index >= 15 is 0 Å². The van der Waals surface area contributed by atoms with Crippen molar-refractivity contribution < 1.29 is 4.52 Å². The number of hydrogen-bond acceptors (Lipinski definition) is 4. The van der Waals surface area contributed by atoms with Gasteiger partial charge in [-0.2, -0.15) is 4.98 Å². The molecule has 1 saturated carbocycles. The monoisotopic (exact) mass is 207 g/mol. The molecular formula is C11H17N3O. The molecule has 0 bridgehead atoms. The molecule has 0 aromatic carbocycles. The van der Waals surface area contributed by atoms with Crippen LogP contribution in [0.2, 0.25) is 0 Å². The van der Waals surface area contributed by atoms with Crippen LogP contribution in [0, 0.1) is 0 Å². The van der Waals surface area contributed by atoms with Crippen molar-refractivity contribution in [2.75, 3.05) is 13.1 Å². The quantitative estimate of drug-likeness (QED) is 0.800. The fourth-order valence-electron chi connectivity index (χ4n) is 2.12. The summed E-state index contributed by atoms with van der Waals surface area (Å²) in [5, 5.41) is 7.50. The predicted molar refractivity (Wildman–Crippen MR) is 55.7 cm³/mol. The summed E-state index contributed by atoms with van der Waals surface area (Å²) >= 11 is 0. The third-order valence-corrected chi connectivity index (χ3v) is 3.62. The molecule has 0 amide bonds. The molecule has 1 aliphatic carbocycles. The van der Waals surface area contributed by atoms with E-state index in [9.17, 15) is 0 Å². The molecule has 0 spiro atoms. The lowest BCUT2D eigenvalue weighted by Crippen LogP contribution is -2.28. The van der Waals surface area contributed by atoms with Crippen molar-refractivity contribution in [3.63, 3.8) is 0 Å². The second-order valence-corrected chi connectivity index (χ2v) is 5.06. The summed E-state index contributed by atoms with van der Waals surface area (Å²) in [6.07, 6.45) is 4.78. The van der Waals surface area contributed by atoms with Gasteiger partial charge in [-0.3, -0.25) is 0 Å². The molecule has 1 N–H and O–H groups in total. The largest absolute Gasteiger partial charge is 0.339 e. The summed E-state index contributed by atoms with van der Waals surface area (Å²) in [5.74, 6) is 2.21. The third-order valence-electron chi connectivity index (χ3n) is 3.62. The SMILES string of the molecule is CC1(c2nc(C3CCCNC3)no2)CC1. The Balaban J connectivity index is 1.77. The predicted octanol–water partition coefficient (Wildman–Crippen LogP) is 1.59. The summed E-state index contributed by atoms with van der Waals surface area (Å²) in [6, 6.07) is 0. The van der Waals surface area contributed by atoms with Crippen molar-refractivity contribution >= 4 is 0 Å². The number of aromatic nitrogens is 2. The molecule has 4 nitrogen and oxygen atoms in total. The molecule has 3 rings (SSSR count). The highest BCUT2D eigenvalue weighted by molar-refractivity contribution is 5.13. The Kier molecular flexibility index (Phi) is 2.06. The first kappa shape index (κ1) is 9.33. The van der Waals surface area contributed by atoms with E-state index in [4.69, 9.17) is 4.52 Å². The number of nitrogens with zero attached hydrogens (tertiary/aromatic N) is 2. The molecule has 1 aromatic heterocycles. The second kappa shape index (κ2) is 3.30. The average Bonchev–Trinajstić information content (AvgIpc) is 2.85. The lowest BCUT2D eigenvalue weighted by molar-refractivity contribution is 0.341. The fraction of sp³-hybridized carbons (Fsp3) is 0.818. The minimum atomic E-state index is 0.202. The summed E-state index contributed by atoms with van der Waals surface area (Å²) in [6.45, 7) is 4.32. The Hall–Kier alpha value is -0.900. The van der Waals surface area contributed by atoms with E-state index in [0.717, 1.165) is 24.8 Å². The first-order chi connectivity index (χ1) is 7.28. The Morgan fingerprint density at radius 2 is 2.33 bits per heavy atom. The van der Waals surface area contributed by atoms with Crippen LogP contribution in [0.1, 0.15) is 50.2 Å². The number of piperidine rings is 1. The fourth-order valence-corrected chi connectivity index (χ4v) is 2.12. The van der Waals surface area contributed by atoms with Gasteiger partial charge in [0, 0.05) is 17.9 Å². The van der Waals surface area contributed by atoms with Crippen molar-refractivity contribution in [1.29, 1.82) is 0 Å². The maximum Gasteiger partial charge on any atom is 0.232 e. The van der Waals surface area contributed by atoms with Gasteiger partial charge in [0.1, 0.15) is 0 Å². The molecule has 1 aliphatic heterocycles. The van der Waals surface area contributed by atoms with E-state index in [2.05, 4.69) is 22.4 Å². The molecule has 1 aromatic rings. The number of hydrogen-bond donors (Lipinski definition) is 1. The summed E-state index contributed by atoms with van der Waals surface area (Å²) < 4.78 is 5.36. The van der Waals surface area contributed by atoms with Gasteiger partial charge in [0.2, 0.25) is 5.89 Å². The Morgan fingerprint density at radius 1 is 1.47 bits per heavy atom. The maximum absolute atomic E-state index is 5.36. The van der Waals surface area contributed by atoms with Crippen LogP contribution in [0.4, 0.5) is 0 Å². The second-order valence-electron chi connectivity index (χ2n) is 5.06. The van der Waals surface area contributed by atoms with Crippen LogP contribution in [0.15, 0.2) is 4.52 Å². The van der Waals surface area contributed by atoms with Crippen LogP contribution in [0.25, 0.3) is 0 Å². The summed E-state index contributed by atoms with van der Waals surface area (Å²) in [5.41, 5.74) is 0.202. The van der Waals surface area contributed by atoms with Gasteiger partial charge in [-0.05, 0) is 32.2 Å². The number of nitrogens with one attached hydrogen (secondary N) is 1. The molecule has 1 atom stereocenters. The lowest BCUT2D eigenvalue weighted by Gasteiger charge is -2.19. The molecular weight excluding hydrogens is 190 g/mol. The minimum absolute atomic E-state index is 0.202.